The molecule has 0 aliphatic heterocycles. The van der Waals surface area contributed by atoms with E-state index in [1.807, 2.05) is 6.92 Å². The second-order valence-electron chi connectivity index (χ2n) is 3.33. The van der Waals surface area contributed by atoms with E-state index in [0.29, 0.717) is 18.2 Å². The average Bonchev–Trinajstić information content (AvgIpc) is 2.28. The zero-order chi connectivity index (χ0) is 11.4. The number of nitrogens with one attached hydrogen (secondary N) is 1. The third-order valence-corrected chi connectivity index (χ3v) is 1.94. The Morgan fingerprint density at radius 3 is 2.75 bits per heavy atom. The molecule has 2 aromatic heterocycles. The first-order valence-corrected chi connectivity index (χ1v) is 4.83. The van der Waals surface area contributed by atoms with Crippen LogP contribution in [-0.2, 0) is 6.54 Å². The van der Waals surface area contributed by atoms with E-state index < -0.39 is 0 Å². The van der Waals surface area contributed by atoms with Gasteiger partial charge in [-0.15, -0.1) is 0 Å². The molecular weight excluding hydrogens is 204 g/mol. The molecule has 0 radical (unpaired) electrons. The Labute approximate surface area is 93.0 Å². The van der Waals surface area contributed by atoms with Crippen molar-refractivity contribution in [3.8, 4) is 0 Å². The smallest absolute Gasteiger partial charge is 0.147 e. The van der Waals surface area contributed by atoms with Gasteiger partial charge in [-0.1, -0.05) is 0 Å². The van der Waals surface area contributed by atoms with Crippen LogP contribution >= 0.6 is 0 Å². The molecule has 0 aliphatic rings. The fourth-order valence-corrected chi connectivity index (χ4v) is 1.16. The first-order chi connectivity index (χ1) is 7.74. The van der Waals surface area contributed by atoms with Crippen molar-refractivity contribution in [1.82, 2.24) is 19.9 Å². The molecule has 6 nitrogen and oxygen atoms in total. The number of hydrogen-bond donors (Lipinski definition) is 2. The normalized spacial score (nSPS) is 10.1. The topological polar surface area (TPSA) is 89.6 Å². The van der Waals surface area contributed by atoms with E-state index in [0.717, 1.165) is 11.4 Å². The van der Waals surface area contributed by atoms with Crippen LogP contribution in [0.2, 0.25) is 0 Å². The lowest BCUT2D eigenvalue weighted by atomic mass is 10.4. The summed E-state index contributed by atoms with van der Waals surface area (Å²) < 4.78 is 0. The van der Waals surface area contributed by atoms with Gasteiger partial charge < -0.3 is 11.1 Å². The van der Waals surface area contributed by atoms with Gasteiger partial charge in [-0.25, -0.2) is 4.98 Å². The number of rotatable bonds is 3. The van der Waals surface area contributed by atoms with Crippen LogP contribution in [0.3, 0.4) is 0 Å². The number of anilines is 2. The highest BCUT2D eigenvalue weighted by atomic mass is 15.0. The summed E-state index contributed by atoms with van der Waals surface area (Å²) in [5, 5.41) is 3.07. The fourth-order valence-electron chi connectivity index (χ4n) is 1.16. The lowest BCUT2D eigenvalue weighted by molar-refractivity contribution is 0.974. The number of aryl methyl sites for hydroxylation is 1. The molecule has 0 amide bonds. The van der Waals surface area contributed by atoms with Crippen molar-refractivity contribution in [2.24, 2.45) is 0 Å². The number of hydrogen-bond acceptors (Lipinski definition) is 6. The summed E-state index contributed by atoms with van der Waals surface area (Å²) in [6, 6.07) is 0. The van der Waals surface area contributed by atoms with Crippen molar-refractivity contribution in [1.29, 1.82) is 0 Å². The van der Waals surface area contributed by atoms with Crippen molar-refractivity contribution in [3.63, 3.8) is 0 Å². The van der Waals surface area contributed by atoms with Crippen LogP contribution in [0, 0.1) is 6.92 Å². The van der Waals surface area contributed by atoms with E-state index in [2.05, 4.69) is 25.3 Å². The summed E-state index contributed by atoms with van der Waals surface area (Å²) in [4.78, 5) is 16.3. The monoisotopic (exact) mass is 216 g/mol. The number of nitrogens with two attached hydrogens (primary N) is 1. The standard InChI is InChI=1S/C10H12N6/c1-7-2-14-8(3-13-7)4-15-10-6-12-5-9(11)16-10/h2-3,5-6H,4H2,1H3,(H3,11,15,16). The van der Waals surface area contributed by atoms with Crippen LogP contribution in [0.25, 0.3) is 0 Å². The van der Waals surface area contributed by atoms with Crippen LogP contribution in [0.5, 0.6) is 0 Å². The van der Waals surface area contributed by atoms with E-state index in [9.17, 15) is 0 Å². The molecule has 0 unspecified atom stereocenters. The number of aromatic nitrogens is 4. The van der Waals surface area contributed by atoms with Gasteiger partial charge in [-0.05, 0) is 6.92 Å². The molecule has 0 bridgehead atoms. The van der Waals surface area contributed by atoms with Crippen LogP contribution in [0.4, 0.5) is 11.6 Å². The van der Waals surface area contributed by atoms with Gasteiger partial charge in [0.05, 0.1) is 36.5 Å². The molecule has 2 aromatic rings. The highest BCUT2D eigenvalue weighted by Gasteiger charge is 1.97. The third-order valence-electron chi connectivity index (χ3n) is 1.94. The maximum atomic E-state index is 5.51. The van der Waals surface area contributed by atoms with Crippen LogP contribution in [0.15, 0.2) is 24.8 Å². The number of nitrogen functional groups attached to an aromatic ring is 1. The van der Waals surface area contributed by atoms with Crippen LogP contribution < -0.4 is 11.1 Å². The second-order valence-corrected chi connectivity index (χ2v) is 3.33. The molecule has 0 saturated heterocycles. The van der Waals surface area contributed by atoms with E-state index in [1.165, 1.54) is 6.20 Å². The lowest BCUT2D eigenvalue weighted by Gasteiger charge is -2.04. The highest BCUT2D eigenvalue weighted by molar-refractivity contribution is 5.38. The van der Waals surface area contributed by atoms with Crippen LogP contribution in [0.1, 0.15) is 11.4 Å². The quantitative estimate of drug-likeness (QED) is 0.787. The minimum Gasteiger partial charge on any atom is -0.382 e. The van der Waals surface area contributed by atoms with Gasteiger partial charge in [-0.3, -0.25) is 15.0 Å². The van der Waals surface area contributed by atoms with Gasteiger partial charge >= 0.3 is 0 Å². The summed E-state index contributed by atoms with van der Waals surface area (Å²) in [5.41, 5.74) is 7.24. The minimum absolute atomic E-state index is 0.389. The molecule has 0 aromatic carbocycles. The molecule has 0 aliphatic carbocycles. The Bertz CT molecular complexity index is 467. The van der Waals surface area contributed by atoms with Crippen molar-refractivity contribution < 1.29 is 0 Å². The highest BCUT2D eigenvalue weighted by Crippen LogP contribution is 2.04. The zero-order valence-electron chi connectivity index (χ0n) is 8.88. The van der Waals surface area contributed by atoms with Gasteiger partial charge in [0.1, 0.15) is 11.6 Å². The first-order valence-electron chi connectivity index (χ1n) is 4.83. The summed E-state index contributed by atoms with van der Waals surface area (Å²) >= 11 is 0. The summed E-state index contributed by atoms with van der Waals surface area (Å²) in [6.45, 7) is 2.44. The van der Waals surface area contributed by atoms with E-state index in [4.69, 9.17) is 5.73 Å². The number of nitrogens with zero attached hydrogens (tertiary/aromatic N) is 4. The summed E-state index contributed by atoms with van der Waals surface area (Å²) in [7, 11) is 0. The Balaban J connectivity index is 1.99. The van der Waals surface area contributed by atoms with Crippen LogP contribution in [-0.4, -0.2) is 19.9 Å². The van der Waals surface area contributed by atoms with E-state index >= 15 is 0 Å². The van der Waals surface area contributed by atoms with Crippen molar-refractivity contribution >= 4 is 11.6 Å². The van der Waals surface area contributed by atoms with E-state index in [-0.39, 0.29) is 0 Å². The predicted octanol–water partition coefficient (Wildman–Crippen LogP) is 0.769. The molecule has 0 fully saturated rings. The molecule has 3 N–H and O–H groups in total. The van der Waals surface area contributed by atoms with Gasteiger partial charge in [0.25, 0.3) is 0 Å². The molecular formula is C10H12N6. The molecule has 0 spiro atoms. The van der Waals surface area contributed by atoms with Gasteiger partial charge in [0.2, 0.25) is 0 Å². The lowest BCUT2D eigenvalue weighted by Crippen LogP contribution is -2.05. The maximum Gasteiger partial charge on any atom is 0.147 e. The molecule has 82 valence electrons. The molecule has 16 heavy (non-hydrogen) atoms. The Morgan fingerprint density at radius 1 is 1.19 bits per heavy atom. The maximum absolute atomic E-state index is 5.51. The largest absolute Gasteiger partial charge is 0.382 e. The van der Waals surface area contributed by atoms with E-state index in [1.54, 1.807) is 18.6 Å². The minimum atomic E-state index is 0.389. The summed E-state index contributed by atoms with van der Waals surface area (Å²) in [6.07, 6.45) is 6.55. The molecule has 0 saturated carbocycles. The Hall–Kier alpha value is -2.24. The van der Waals surface area contributed by atoms with Crippen molar-refractivity contribution in [2.75, 3.05) is 11.1 Å². The third kappa shape index (κ3) is 2.63. The van der Waals surface area contributed by atoms with Gasteiger partial charge in [0, 0.05) is 6.20 Å². The fraction of sp³-hybridized carbons (Fsp3) is 0.200. The Morgan fingerprint density at radius 2 is 2.06 bits per heavy atom. The molecule has 6 heteroatoms. The SMILES string of the molecule is Cc1cnc(CNc2cncc(N)n2)cn1. The van der Waals surface area contributed by atoms with Crippen molar-refractivity contribution in [3.05, 3.63) is 36.2 Å². The Kier molecular flexibility index (Phi) is 2.90. The second kappa shape index (κ2) is 4.52. The van der Waals surface area contributed by atoms with Gasteiger partial charge in [-0.2, -0.15) is 0 Å². The van der Waals surface area contributed by atoms with Crippen molar-refractivity contribution in [2.45, 2.75) is 13.5 Å². The average molecular weight is 216 g/mol. The molecule has 0 atom stereocenters. The zero-order valence-corrected chi connectivity index (χ0v) is 8.88. The predicted molar refractivity (Wildman–Crippen MR) is 60.5 cm³/mol. The molecule has 2 rings (SSSR count). The molecule has 2 heterocycles. The summed E-state index contributed by atoms with van der Waals surface area (Å²) in [5.74, 6) is 1.02. The first kappa shape index (κ1) is 10.3. The van der Waals surface area contributed by atoms with Gasteiger partial charge in [0.15, 0.2) is 0 Å².